The van der Waals surface area contributed by atoms with Crippen LogP contribution in [0.4, 0.5) is 5.69 Å². The highest BCUT2D eigenvalue weighted by Gasteiger charge is 2.38. The van der Waals surface area contributed by atoms with E-state index in [9.17, 15) is 9.59 Å². The Morgan fingerprint density at radius 3 is 2.24 bits per heavy atom. The molecule has 1 heterocycles. The minimum Gasteiger partial charge on any atom is -0.399 e. The molecule has 1 aliphatic rings. The van der Waals surface area contributed by atoms with Crippen molar-refractivity contribution < 1.29 is 9.59 Å². The van der Waals surface area contributed by atoms with Gasteiger partial charge in [0.1, 0.15) is 0 Å². The van der Waals surface area contributed by atoms with E-state index in [4.69, 9.17) is 5.73 Å². The van der Waals surface area contributed by atoms with Crippen LogP contribution in [0.3, 0.4) is 0 Å². The fourth-order valence-corrected chi connectivity index (χ4v) is 2.62. The number of fused-ring (bicyclic) bond motifs is 1. The number of hydrogen-bond acceptors (Lipinski definition) is 3. The third-order valence-electron chi connectivity index (χ3n) is 3.89. The van der Waals surface area contributed by atoms with Crippen molar-refractivity contribution in [3.8, 4) is 0 Å². The van der Waals surface area contributed by atoms with Crippen LogP contribution in [0.5, 0.6) is 0 Å². The second-order valence-corrected chi connectivity index (χ2v) is 5.37. The van der Waals surface area contributed by atoms with E-state index in [0.717, 1.165) is 11.1 Å². The summed E-state index contributed by atoms with van der Waals surface area (Å²) in [4.78, 5) is 26.3. The summed E-state index contributed by atoms with van der Waals surface area (Å²) in [6.45, 7) is 3.86. The first-order chi connectivity index (χ1) is 9.99. The molecular formula is C17H16N2O2. The summed E-state index contributed by atoms with van der Waals surface area (Å²) >= 11 is 0. The van der Waals surface area contributed by atoms with Crippen LogP contribution in [-0.2, 0) is 0 Å². The number of nitrogens with zero attached hydrogens (tertiary/aromatic N) is 1. The fraction of sp³-hybridized carbons (Fsp3) is 0.176. The number of anilines is 1. The summed E-state index contributed by atoms with van der Waals surface area (Å²) in [6.07, 6.45) is 0. The molecular weight excluding hydrogens is 264 g/mol. The zero-order valence-corrected chi connectivity index (χ0v) is 12.0. The summed E-state index contributed by atoms with van der Waals surface area (Å²) in [5, 5.41) is 0. The topological polar surface area (TPSA) is 63.4 Å². The zero-order valence-electron chi connectivity index (χ0n) is 12.0. The van der Waals surface area contributed by atoms with Gasteiger partial charge < -0.3 is 5.73 Å². The minimum atomic E-state index is -0.306. The van der Waals surface area contributed by atoms with Crippen molar-refractivity contribution in [1.29, 1.82) is 0 Å². The van der Waals surface area contributed by atoms with Gasteiger partial charge in [-0.25, -0.2) is 0 Å². The number of nitrogens with two attached hydrogens (primary N) is 1. The molecule has 2 amide bonds. The van der Waals surface area contributed by atoms with Crippen LogP contribution in [0.1, 0.15) is 44.8 Å². The number of imide groups is 1. The van der Waals surface area contributed by atoms with E-state index < -0.39 is 0 Å². The summed E-state index contributed by atoms with van der Waals surface area (Å²) in [7, 11) is 0. The maximum absolute atomic E-state index is 12.5. The van der Waals surface area contributed by atoms with E-state index in [2.05, 4.69) is 0 Å². The number of benzene rings is 2. The number of amides is 2. The van der Waals surface area contributed by atoms with Gasteiger partial charge in [-0.15, -0.1) is 0 Å². The zero-order chi connectivity index (χ0) is 15.1. The SMILES string of the molecule is Cc1ccc(C(C)N2C(=O)c3ccc(N)cc3C2=O)cc1. The Hall–Kier alpha value is -2.62. The van der Waals surface area contributed by atoms with E-state index in [1.165, 1.54) is 4.90 Å². The average molecular weight is 280 g/mol. The Labute approximate surface area is 123 Å². The van der Waals surface area contributed by atoms with Gasteiger partial charge in [0, 0.05) is 5.69 Å². The van der Waals surface area contributed by atoms with E-state index in [1.807, 2.05) is 38.1 Å². The van der Waals surface area contributed by atoms with E-state index in [1.54, 1.807) is 18.2 Å². The first-order valence-electron chi connectivity index (χ1n) is 6.83. The number of hydrogen-bond donors (Lipinski definition) is 1. The molecule has 4 heteroatoms. The molecule has 1 atom stereocenters. The molecule has 0 saturated carbocycles. The van der Waals surface area contributed by atoms with Crippen molar-refractivity contribution in [3.63, 3.8) is 0 Å². The molecule has 1 unspecified atom stereocenters. The highest BCUT2D eigenvalue weighted by atomic mass is 16.2. The minimum absolute atomic E-state index is 0.261. The summed E-state index contributed by atoms with van der Waals surface area (Å²) in [5.74, 6) is -0.543. The lowest BCUT2D eigenvalue weighted by Crippen LogP contribution is -2.32. The largest absolute Gasteiger partial charge is 0.399 e. The summed E-state index contributed by atoms with van der Waals surface area (Å²) in [6, 6.07) is 12.4. The number of rotatable bonds is 2. The van der Waals surface area contributed by atoms with Crippen molar-refractivity contribution >= 4 is 17.5 Å². The molecule has 21 heavy (non-hydrogen) atoms. The van der Waals surface area contributed by atoms with Crippen molar-refractivity contribution in [2.75, 3.05) is 5.73 Å². The second-order valence-electron chi connectivity index (χ2n) is 5.37. The smallest absolute Gasteiger partial charge is 0.262 e. The average Bonchev–Trinajstić information content (AvgIpc) is 2.70. The molecule has 0 aromatic heterocycles. The van der Waals surface area contributed by atoms with Gasteiger partial charge in [-0.2, -0.15) is 0 Å². The highest BCUT2D eigenvalue weighted by Crippen LogP contribution is 2.32. The Bertz CT molecular complexity index is 735. The van der Waals surface area contributed by atoms with Crippen LogP contribution >= 0.6 is 0 Å². The van der Waals surface area contributed by atoms with E-state index in [-0.39, 0.29) is 17.9 Å². The van der Waals surface area contributed by atoms with Gasteiger partial charge in [-0.05, 0) is 37.6 Å². The normalized spacial score (nSPS) is 15.2. The molecule has 0 fully saturated rings. The van der Waals surface area contributed by atoms with Gasteiger partial charge in [-0.3, -0.25) is 14.5 Å². The molecule has 3 rings (SSSR count). The van der Waals surface area contributed by atoms with Crippen LogP contribution < -0.4 is 5.73 Å². The van der Waals surface area contributed by atoms with Crippen molar-refractivity contribution in [2.45, 2.75) is 19.9 Å². The van der Waals surface area contributed by atoms with Crippen molar-refractivity contribution in [2.24, 2.45) is 0 Å². The second kappa shape index (κ2) is 4.74. The predicted octanol–water partition coefficient (Wildman–Crippen LogP) is 2.93. The van der Waals surface area contributed by atoms with Crippen LogP contribution in [0, 0.1) is 6.92 Å². The predicted molar refractivity (Wildman–Crippen MR) is 80.9 cm³/mol. The molecule has 0 bridgehead atoms. The number of nitrogen functional groups attached to an aromatic ring is 1. The Balaban J connectivity index is 1.99. The molecule has 0 saturated heterocycles. The number of aryl methyl sites for hydroxylation is 1. The quantitative estimate of drug-likeness (QED) is 0.679. The van der Waals surface area contributed by atoms with Gasteiger partial charge in [-0.1, -0.05) is 29.8 Å². The molecule has 2 aromatic rings. The molecule has 0 radical (unpaired) electrons. The first-order valence-corrected chi connectivity index (χ1v) is 6.83. The van der Waals surface area contributed by atoms with Gasteiger partial charge in [0.2, 0.25) is 0 Å². The fourth-order valence-electron chi connectivity index (χ4n) is 2.62. The highest BCUT2D eigenvalue weighted by molar-refractivity contribution is 6.21. The third kappa shape index (κ3) is 2.09. The Kier molecular flexibility index (Phi) is 3.01. The van der Waals surface area contributed by atoms with Crippen molar-refractivity contribution in [1.82, 2.24) is 4.90 Å². The standard InChI is InChI=1S/C17H16N2O2/c1-10-3-5-12(6-4-10)11(2)19-16(20)14-8-7-13(18)9-15(14)17(19)21/h3-9,11H,18H2,1-2H3. The number of carbonyl (C=O) groups is 2. The monoisotopic (exact) mass is 280 g/mol. The lowest BCUT2D eigenvalue weighted by Gasteiger charge is -2.23. The van der Waals surface area contributed by atoms with Crippen LogP contribution in [-0.4, -0.2) is 16.7 Å². The molecule has 0 spiro atoms. The lowest BCUT2D eigenvalue weighted by atomic mass is 10.1. The maximum atomic E-state index is 12.5. The van der Waals surface area contributed by atoms with Crippen LogP contribution in [0.2, 0.25) is 0 Å². The molecule has 2 N–H and O–H groups in total. The molecule has 4 nitrogen and oxygen atoms in total. The molecule has 1 aliphatic heterocycles. The van der Waals surface area contributed by atoms with E-state index >= 15 is 0 Å². The molecule has 0 aliphatic carbocycles. The number of carbonyl (C=O) groups excluding carboxylic acids is 2. The first kappa shape index (κ1) is 13.4. The third-order valence-corrected chi connectivity index (χ3v) is 3.89. The maximum Gasteiger partial charge on any atom is 0.262 e. The lowest BCUT2D eigenvalue weighted by molar-refractivity contribution is 0.0595. The van der Waals surface area contributed by atoms with Gasteiger partial charge in [0.05, 0.1) is 17.2 Å². The van der Waals surface area contributed by atoms with Crippen LogP contribution in [0.15, 0.2) is 42.5 Å². The van der Waals surface area contributed by atoms with Gasteiger partial charge in [0.15, 0.2) is 0 Å². The summed E-state index contributed by atoms with van der Waals surface area (Å²) < 4.78 is 0. The molecule has 106 valence electrons. The Morgan fingerprint density at radius 1 is 0.952 bits per heavy atom. The van der Waals surface area contributed by atoms with Gasteiger partial charge >= 0.3 is 0 Å². The summed E-state index contributed by atoms with van der Waals surface area (Å²) in [5.41, 5.74) is 9.08. The van der Waals surface area contributed by atoms with Crippen LogP contribution in [0.25, 0.3) is 0 Å². The molecule has 2 aromatic carbocycles. The van der Waals surface area contributed by atoms with Crippen molar-refractivity contribution in [3.05, 3.63) is 64.7 Å². The Morgan fingerprint density at radius 2 is 1.57 bits per heavy atom. The van der Waals surface area contributed by atoms with Gasteiger partial charge in [0.25, 0.3) is 11.8 Å². The van der Waals surface area contributed by atoms with E-state index in [0.29, 0.717) is 16.8 Å².